The predicted octanol–water partition coefficient (Wildman–Crippen LogP) is 2.72. The lowest BCUT2D eigenvalue weighted by Gasteiger charge is -2.38. The zero-order valence-electron chi connectivity index (χ0n) is 20.6. The third-order valence-corrected chi connectivity index (χ3v) is 9.94. The SMILES string of the molecule is C=C(C)C(=O)NCC(=O)OC1CC(C(C)[SiH2]C(O[Si](C)(C)C)O[Si](C)(C)C)CCC1O. The predicted molar refractivity (Wildman–Crippen MR) is 132 cm³/mol. The van der Waals surface area contributed by atoms with Crippen LogP contribution in [0, 0.1) is 5.92 Å². The fraction of sp³-hybridized carbons (Fsp3) is 0.810. The first-order valence-corrected chi connectivity index (χ1v) is 19.7. The number of carbonyl (C=O) groups excluding carboxylic acids is 2. The van der Waals surface area contributed by atoms with E-state index in [4.69, 9.17) is 13.6 Å². The fourth-order valence-corrected chi connectivity index (χ4v) is 10.7. The van der Waals surface area contributed by atoms with Crippen LogP contribution in [0.1, 0.15) is 33.1 Å². The molecule has 0 saturated heterocycles. The van der Waals surface area contributed by atoms with Gasteiger partial charge in [0.2, 0.25) is 5.91 Å². The van der Waals surface area contributed by atoms with E-state index in [1.54, 1.807) is 6.92 Å². The summed E-state index contributed by atoms with van der Waals surface area (Å²) in [6.07, 6.45) is 0.926. The number of hydrogen-bond acceptors (Lipinski definition) is 6. The average molecular weight is 490 g/mol. The molecule has 31 heavy (non-hydrogen) atoms. The van der Waals surface area contributed by atoms with Crippen molar-refractivity contribution < 1.29 is 28.3 Å². The first-order valence-electron chi connectivity index (χ1n) is 11.2. The van der Waals surface area contributed by atoms with Crippen molar-refractivity contribution in [3.8, 4) is 0 Å². The van der Waals surface area contributed by atoms with Gasteiger partial charge in [-0.05, 0) is 76.9 Å². The minimum absolute atomic E-state index is 0.0847. The van der Waals surface area contributed by atoms with E-state index in [-0.39, 0.29) is 18.4 Å². The minimum atomic E-state index is -1.73. The molecule has 180 valence electrons. The van der Waals surface area contributed by atoms with Gasteiger partial charge in [-0.3, -0.25) is 9.59 Å². The first-order chi connectivity index (χ1) is 14.1. The number of hydrogen-bond donors (Lipinski definition) is 2. The van der Waals surface area contributed by atoms with Gasteiger partial charge in [0.05, 0.1) is 15.6 Å². The number of aliphatic hydroxyl groups excluding tert-OH is 1. The standard InChI is InChI=1S/C21H43NO6Si3/c1-14(2)20(25)22-13-19(24)26-18-12-16(10-11-17(18)23)15(3)29-21(27-30(4,5)6)28-31(7,8)9/h15-18,21,23H,1,10-13,29H2,2-9H3,(H,22,25). The molecular weight excluding hydrogens is 446 g/mol. The maximum Gasteiger partial charge on any atom is 0.325 e. The molecule has 1 saturated carbocycles. The topological polar surface area (TPSA) is 94.1 Å². The van der Waals surface area contributed by atoms with E-state index in [9.17, 15) is 14.7 Å². The summed E-state index contributed by atoms with van der Waals surface area (Å²) in [7, 11) is -4.17. The van der Waals surface area contributed by atoms with Gasteiger partial charge < -0.3 is 24.0 Å². The zero-order valence-corrected chi connectivity index (χ0v) is 24.0. The Morgan fingerprint density at radius 2 is 1.68 bits per heavy atom. The number of rotatable bonds is 11. The van der Waals surface area contributed by atoms with Crippen LogP contribution in [0.4, 0.5) is 0 Å². The van der Waals surface area contributed by atoms with E-state index in [0.717, 1.165) is 6.42 Å². The molecule has 0 bridgehead atoms. The van der Waals surface area contributed by atoms with Crippen LogP contribution in [0.3, 0.4) is 0 Å². The average Bonchev–Trinajstić information content (AvgIpc) is 2.58. The molecule has 0 aromatic carbocycles. The molecule has 1 aliphatic carbocycles. The van der Waals surface area contributed by atoms with Crippen LogP contribution in [0.15, 0.2) is 12.2 Å². The molecule has 7 nitrogen and oxygen atoms in total. The Labute approximate surface area is 192 Å². The number of amides is 1. The summed E-state index contributed by atoms with van der Waals surface area (Å²) in [5, 5.41) is 12.8. The van der Waals surface area contributed by atoms with E-state index in [1.165, 1.54) is 0 Å². The highest BCUT2D eigenvalue weighted by molar-refractivity contribution is 6.71. The highest BCUT2D eigenvalue weighted by atomic mass is 28.4. The molecule has 1 rings (SSSR count). The van der Waals surface area contributed by atoms with Gasteiger partial charge >= 0.3 is 5.97 Å². The summed E-state index contributed by atoms with van der Waals surface area (Å²) in [5.74, 6) is -0.643. The molecule has 4 atom stereocenters. The molecular formula is C21H43NO6Si3. The van der Waals surface area contributed by atoms with Crippen molar-refractivity contribution in [2.24, 2.45) is 5.92 Å². The molecule has 4 unspecified atom stereocenters. The molecule has 1 amide bonds. The van der Waals surface area contributed by atoms with Crippen LogP contribution in [0.5, 0.6) is 0 Å². The summed E-state index contributed by atoms with van der Waals surface area (Å²) in [5.41, 5.74) is 0.773. The zero-order chi connectivity index (χ0) is 24.0. The summed E-state index contributed by atoms with van der Waals surface area (Å²) >= 11 is 0. The molecule has 2 N–H and O–H groups in total. The molecule has 0 spiro atoms. The minimum Gasteiger partial charge on any atom is -0.458 e. The van der Waals surface area contributed by atoms with Crippen LogP contribution in [-0.4, -0.2) is 67.8 Å². The molecule has 0 aromatic rings. The first kappa shape index (κ1) is 28.2. The largest absolute Gasteiger partial charge is 0.458 e. The van der Waals surface area contributed by atoms with Crippen molar-refractivity contribution >= 4 is 38.0 Å². The number of esters is 1. The summed E-state index contributed by atoms with van der Waals surface area (Å²) in [6, 6.07) is 0. The highest BCUT2D eigenvalue weighted by Crippen LogP contribution is 2.35. The molecule has 10 heteroatoms. The van der Waals surface area contributed by atoms with Gasteiger partial charge in [-0.25, -0.2) is 0 Å². The van der Waals surface area contributed by atoms with Gasteiger partial charge in [-0.2, -0.15) is 0 Å². The van der Waals surface area contributed by atoms with Crippen molar-refractivity contribution in [3.63, 3.8) is 0 Å². The van der Waals surface area contributed by atoms with Crippen molar-refractivity contribution in [3.05, 3.63) is 12.2 Å². The summed E-state index contributed by atoms with van der Waals surface area (Å²) in [6.45, 7) is 20.3. The molecule has 0 aliphatic heterocycles. The molecule has 1 aliphatic rings. The normalized spacial score (nSPS) is 23.7. The fourth-order valence-electron chi connectivity index (χ4n) is 3.71. The van der Waals surface area contributed by atoms with E-state index in [2.05, 4.69) is 58.1 Å². The second-order valence-corrected chi connectivity index (χ2v) is 22.1. The Balaban J connectivity index is 2.69. The lowest BCUT2D eigenvalue weighted by Crippen LogP contribution is -2.45. The Morgan fingerprint density at radius 1 is 1.13 bits per heavy atom. The quantitative estimate of drug-likeness (QED) is 0.201. The highest BCUT2D eigenvalue weighted by Gasteiger charge is 2.36. The lowest BCUT2D eigenvalue weighted by molar-refractivity contribution is -0.158. The third-order valence-electron chi connectivity index (χ3n) is 5.20. The third kappa shape index (κ3) is 11.6. The van der Waals surface area contributed by atoms with Crippen LogP contribution < -0.4 is 5.32 Å². The van der Waals surface area contributed by atoms with Gasteiger partial charge in [-0.1, -0.05) is 13.5 Å². The Hall–Kier alpha value is -0.789. The van der Waals surface area contributed by atoms with E-state index < -0.39 is 44.3 Å². The Morgan fingerprint density at radius 3 is 2.16 bits per heavy atom. The monoisotopic (exact) mass is 489 g/mol. The van der Waals surface area contributed by atoms with Crippen LogP contribution in [0.2, 0.25) is 44.8 Å². The van der Waals surface area contributed by atoms with Gasteiger partial charge in [0.15, 0.2) is 16.6 Å². The van der Waals surface area contributed by atoms with Gasteiger partial charge in [0.1, 0.15) is 18.6 Å². The van der Waals surface area contributed by atoms with Crippen LogP contribution in [-0.2, 0) is 23.2 Å². The van der Waals surface area contributed by atoms with Gasteiger partial charge in [0, 0.05) is 5.57 Å². The number of carbonyl (C=O) groups is 2. The second kappa shape index (κ2) is 11.9. The summed E-state index contributed by atoms with van der Waals surface area (Å²) < 4.78 is 18.3. The second-order valence-electron chi connectivity index (χ2n) is 10.7. The molecule has 0 heterocycles. The summed E-state index contributed by atoms with van der Waals surface area (Å²) in [4.78, 5) is 23.7. The molecule has 1 fully saturated rings. The van der Waals surface area contributed by atoms with E-state index in [0.29, 0.717) is 29.9 Å². The number of ether oxygens (including phenoxy) is 1. The van der Waals surface area contributed by atoms with Gasteiger partial charge in [0.25, 0.3) is 0 Å². The van der Waals surface area contributed by atoms with Crippen LogP contribution >= 0.6 is 0 Å². The van der Waals surface area contributed by atoms with E-state index >= 15 is 0 Å². The van der Waals surface area contributed by atoms with Crippen LogP contribution in [0.25, 0.3) is 0 Å². The van der Waals surface area contributed by atoms with Crippen molar-refractivity contribution in [1.29, 1.82) is 0 Å². The molecule has 0 aromatic heterocycles. The van der Waals surface area contributed by atoms with Gasteiger partial charge in [-0.15, -0.1) is 0 Å². The van der Waals surface area contributed by atoms with Crippen molar-refractivity contribution in [1.82, 2.24) is 5.32 Å². The Kier molecular flexibility index (Phi) is 10.8. The van der Waals surface area contributed by atoms with E-state index in [1.807, 2.05) is 0 Å². The Bertz CT molecular complexity index is 616. The maximum atomic E-state index is 12.2. The van der Waals surface area contributed by atoms with Crippen molar-refractivity contribution in [2.45, 2.75) is 96.1 Å². The lowest BCUT2D eigenvalue weighted by atomic mass is 9.83. The number of aliphatic hydroxyl groups is 1. The number of nitrogens with one attached hydrogen (secondary N) is 1. The molecule has 0 radical (unpaired) electrons. The van der Waals surface area contributed by atoms with Crippen molar-refractivity contribution in [2.75, 3.05) is 6.54 Å². The maximum absolute atomic E-state index is 12.2. The smallest absolute Gasteiger partial charge is 0.325 e.